The summed E-state index contributed by atoms with van der Waals surface area (Å²) >= 11 is 3.45. The lowest BCUT2D eigenvalue weighted by molar-refractivity contribution is -0.164. The number of amides is 1. The zero-order valence-electron chi connectivity index (χ0n) is 20.7. The van der Waals surface area contributed by atoms with E-state index in [4.69, 9.17) is 14.2 Å². The summed E-state index contributed by atoms with van der Waals surface area (Å²) in [6, 6.07) is 7.80. The van der Waals surface area contributed by atoms with Crippen LogP contribution < -0.4 is 5.32 Å². The van der Waals surface area contributed by atoms with E-state index in [1.54, 1.807) is 20.8 Å². The first-order valence-electron chi connectivity index (χ1n) is 12.0. The summed E-state index contributed by atoms with van der Waals surface area (Å²) in [4.78, 5) is 26.4. The number of nitrogens with one attached hydrogen (secondary N) is 1. The largest absolute Gasteiger partial charge is 0.460 e. The molecule has 7 heteroatoms. The SMILES string of the molecule is CC(C)[C@@H]1CC[C@H](C)C[C@H]1OC(=O)[C@]1(NC(=O)OC(C)(C)C)CO[C@@H](c2ccc(Br)cc2)C1. The van der Waals surface area contributed by atoms with Crippen LogP contribution >= 0.6 is 15.9 Å². The molecule has 1 aliphatic carbocycles. The molecule has 3 rings (SSSR count). The molecule has 1 aliphatic heterocycles. The van der Waals surface area contributed by atoms with E-state index in [1.165, 1.54) is 0 Å². The van der Waals surface area contributed by atoms with Crippen LogP contribution in [0.4, 0.5) is 4.79 Å². The van der Waals surface area contributed by atoms with Crippen LogP contribution in [0.5, 0.6) is 0 Å². The Balaban J connectivity index is 1.82. The predicted octanol–water partition coefficient (Wildman–Crippen LogP) is 6.18. The average molecular weight is 524 g/mol. The van der Waals surface area contributed by atoms with Gasteiger partial charge in [0.1, 0.15) is 11.7 Å². The van der Waals surface area contributed by atoms with Crippen molar-refractivity contribution < 1.29 is 23.8 Å². The van der Waals surface area contributed by atoms with Crippen LogP contribution in [0, 0.1) is 17.8 Å². The van der Waals surface area contributed by atoms with Crippen molar-refractivity contribution in [2.24, 2.45) is 17.8 Å². The summed E-state index contributed by atoms with van der Waals surface area (Å²) in [7, 11) is 0. The van der Waals surface area contributed by atoms with Crippen molar-refractivity contribution in [3.63, 3.8) is 0 Å². The average Bonchev–Trinajstić information content (AvgIpc) is 3.12. The van der Waals surface area contributed by atoms with Gasteiger partial charge in [-0.05, 0) is 69.1 Å². The Morgan fingerprint density at radius 2 is 1.85 bits per heavy atom. The van der Waals surface area contributed by atoms with E-state index in [2.05, 4.69) is 42.0 Å². The highest BCUT2D eigenvalue weighted by Gasteiger charge is 2.51. The second-order valence-electron chi connectivity index (χ2n) is 11.0. The number of esters is 1. The Kier molecular flexibility index (Phi) is 8.15. The molecule has 1 saturated carbocycles. The topological polar surface area (TPSA) is 73.9 Å². The van der Waals surface area contributed by atoms with Gasteiger partial charge >= 0.3 is 12.1 Å². The standard InChI is InChI=1S/C26H38BrNO5/c1-16(2)20-12-7-17(3)13-21(20)32-23(29)26(28-24(30)33-25(4,5)6)14-22(31-15-26)18-8-10-19(27)11-9-18/h8-11,16-17,20-22H,7,12-15H2,1-6H3,(H,28,30)/t17-,20-,21+,22+,26+/m0/s1. The molecule has 0 bridgehead atoms. The fraction of sp³-hybridized carbons (Fsp3) is 0.692. The maximum absolute atomic E-state index is 13.7. The lowest BCUT2D eigenvalue weighted by Crippen LogP contribution is -2.58. The van der Waals surface area contributed by atoms with Crippen LogP contribution in [-0.2, 0) is 19.0 Å². The van der Waals surface area contributed by atoms with Crippen molar-refractivity contribution in [1.29, 1.82) is 0 Å². The number of carbonyl (C=O) groups is 2. The summed E-state index contributed by atoms with van der Waals surface area (Å²) in [6.07, 6.45) is 2.19. The van der Waals surface area contributed by atoms with Crippen molar-refractivity contribution in [3.05, 3.63) is 34.3 Å². The Bertz CT molecular complexity index is 834. The lowest BCUT2D eigenvalue weighted by atomic mass is 9.75. The van der Waals surface area contributed by atoms with Gasteiger partial charge in [-0.15, -0.1) is 0 Å². The van der Waals surface area contributed by atoms with E-state index in [1.807, 2.05) is 24.3 Å². The molecule has 0 unspecified atom stereocenters. The second kappa shape index (κ2) is 10.3. The van der Waals surface area contributed by atoms with Crippen molar-refractivity contribution in [2.75, 3.05) is 6.61 Å². The van der Waals surface area contributed by atoms with Gasteiger partial charge in [0.2, 0.25) is 0 Å². The molecule has 184 valence electrons. The molecule has 0 spiro atoms. The van der Waals surface area contributed by atoms with Crippen LogP contribution in [0.2, 0.25) is 0 Å². The molecule has 6 nitrogen and oxygen atoms in total. The molecule has 1 N–H and O–H groups in total. The first-order chi connectivity index (χ1) is 15.4. The highest BCUT2D eigenvalue weighted by Crippen LogP contribution is 2.40. The number of rotatable bonds is 5. The van der Waals surface area contributed by atoms with Crippen molar-refractivity contribution >= 4 is 28.0 Å². The third kappa shape index (κ3) is 6.72. The summed E-state index contributed by atoms with van der Waals surface area (Å²) in [5.41, 5.74) is -1.02. The number of halogens is 1. The number of ether oxygens (including phenoxy) is 3. The van der Waals surface area contributed by atoms with E-state index in [9.17, 15) is 9.59 Å². The first kappa shape index (κ1) is 26.0. The smallest absolute Gasteiger partial charge is 0.408 e. The fourth-order valence-corrected chi connectivity index (χ4v) is 5.11. The minimum Gasteiger partial charge on any atom is -0.460 e. The van der Waals surface area contributed by atoms with E-state index >= 15 is 0 Å². The van der Waals surface area contributed by atoms with Crippen LogP contribution in [0.1, 0.15) is 78.9 Å². The zero-order valence-corrected chi connectivity index (χ0v) is 22.2. The zero-order chi connectivity index (χ0) is 24.4. The van der Waals surface area contributed by atoms with Crippen LogP contribution in [0.3, 0.4) is 0 Å². The highest BCUT2D eigenvalue weighted by molar-refractivity contribution is 9.10. The minimum atomic E-state index is -1.29. The van der Waals surface area contributed by atoms with E-state index < -0.39 is 23.2 Å². The molecule has 5 atom stereocenters. The third-order valence-electron chi connectivity index (χ3n) is 6.66. The second-order valence-corrected chi connectivity index (χ2v) is 11.9. The third-order valence-corrected chi connectivity index (χ3v) is 7.19. The maximum atomic E-state index is 13.7. The van der Waals surface area contributed by atoms with Gasteiger partial charge in [0.25, 0.3) is 0 Å². The summed E-state index contributed by atoms with van der Waals surface area (Å²) in [5, 5.41) is 2.83. The number of benzene rings is 1. The predicted molar refractivity (Wildman–Crippen MR) is 131 cm³/mol. The molecule has 2 fully saturated rings. The van der Waals surface area contributed by atoms with Gasteiger partial charge in [0, 0.05) is 10.9 Å². The molecule has 2 aliphatic rings. The lowest BCUT2D eigenvalue weighted by Gasteiger charge is -2.38. The van der Waals surface area contributed by atoms with Crippen LogP contribution in [0.25, 0.3) is 0 Å². The first-order valence-corrected chi connectivity index (χ1v) is 12.8. The quantitative estimate of drug-likeness (QED) is 0.466. The van der Waals surface area contributed by atoms with Crippen molar-refractivity contribution in [2.45, 2.75) is 90.6 Å². The van der Waals surface area contributed by atoms with Crippen molar-refractivity contribution in [1.82, 2.24) is 5.32 Å². The van der Waals surface area contributed by atoms with Crippen LogP contribution in [-0.4, -0.2) is 35.9 Å². The van der Waals surface area contributed by atoms with Gasteiger partial charge in [0.15, 0.2) is 5.54 Å². The number of hydrogen-bond acceptors (Lipinski definition) is 5. The summed E-state index contributed by atoms with van der Waals surface area (Å²) < 4.78 is 18.6. The highest BCUT2D eigenvalue weighted by atomic mass is 79.9. The van der Waals surface area contributed by atoms with Gasteiger partial charge < -0.3 is 19.5 Å². The summed E-state index contributed by atoms with van der Waals surface area (Å²) in [6.45, 7) is 12.0. The number of carbonyl (C=O) groups excluding carboxylic acids is 2. The Hall–Kier alpha value is -1.60. The fourth-order valence-electron chi connectivity index (χ4n) is 4.85. The molecule has 33 heavy (non-hydrogen) atoms. The Labute approximate surface area is 206 Å². The maximum Gasteiger partial charge on any atom is 0.408 e. The van der Waals surface area contributed by atoms with Crippen molar-refractivity contribution in [3.8, 4) is 0 Å². The molecule has 0 radical (unpaired) electrons. The van der Waals surface area contributed by atoms with Crippen LogP contribution in [0.15, 0.2) is 28.7 Å². The van der Waals surface area contributed by atoms with E-state index in [0.717, 1.165) is 29.3 Å². The van der Waals surface area contributed by atoms with Gasteiger partial charge in [-0.3, -0.25) is 0 Å². The van der Waals surface area contributed by atoms with E-state index in [0.29, 0.717) is 24.2 Å². The molecular formula is C26H38BrNO5. The molecule has 1 saturated heterocycles. The number of hydrogen-bond donors (Lipinski definition) is 1. The Morgan fingerprint density at radius 1 is 1.18 bits per heavy atom. The van der Waals surface area contributed by atoms with Gasteiger partial charge in [-0.1, -0.05) is 55.3 Å². The molecule has 0 aromatic heterocycles. The Morgan fingerprint density at radius 3 is 2.45 bits per heavy atom. The minimum absolute atomic E-state index is 0.0421. The monoisotopic (exact) mass is 523 g/mol. The summed E-state index contributed by atoms with van der Waals surface area (Å²) in [5.74, 6) is 0.800. The molecule has 1 aromatic carbocycles. The van der Waals surface area contributed by atoms with Gasteiger partial charge in [-0.25, -0.2) is 9.59 Å². The van der Waals surface area contributed by atoms with Gasteiger partial charge in [-0.2, -0.15) is 0 Å². The molecule has 1 aromatic rings. The van der Waals surface area contributed by atoms with Gasteiger partial charge in [0.05, 0.1) is 12.7 Å². The molecule has 1 amide bonds. The van der Waals surface area contributed by atoms with E-state index in [-0.39, 0.29) is 18.8 Å². The normalized spacial score (nSPS) is 30.2. The number of alkyl carbamates (subject to hydrolysis) is 1. The molecule has 1 heterocycles. The molecular weight excluding hydrogens is 486 g/mol.